The van der Waals surface area contributed by atoms with E-state index in [1.54, 1.807) is 52.4 Å². The van der Waals surface area contributed by atoms with Crippen molar-refractivity contribution in [1.29, 1.82) is 0 Å². The molecule has 0 saturated carbocycles. The maximum Gasteiger partial charge on any atom is 0.316 e. The van der Waals surface area contributed by atoms with E-state index in [4.69, 9.17) is 76.0 Å². The number of aliphatic hydroxyl groups is 4. The first-order chi connectivity index (χ1) is 55.8. The summed E-state index contributed by atoms with van der Waals surface area (Å²) in [6, 6.07) is 0. The van der Waals surface area contributed by atoms with E-state index >= 15 is 0 Å². The molecule has 10 aliphatic heterocycles. The lowest BCUT2D eigenvalue weighted by atomic mass is 9.71. The fraction of sp³-hybridized carbons (Fsp3) is 0.736. The summed E-state index contributed by atoms with van der Waals surface area (Å²) >= 11 is 0. The van der Waals surface area contributed by atoms with Crippen LogP contribution in [0.3, 0.4) is 0 Å². The number of rotatable bonds is 22. The second-order valence-electron chi connectivity index (χ2n) is 36.1. The molecule has 0 unspecified atom stereocenters. The molecule has 26 nitrogen and oxygen atoms in total. The zero-order valence-corrected chi connectivity index (χ0v) is 71.6. The zero-order chi connectivity index (χ0) is 84.0. The van der Waals surface area contributed by atoms with Gasteiger partial charge in [-0.3, -0.25) is 28.9 Å². The summed E-state index contributed by atoms with van der Waals surface area (Å²) in [5, 5.41) is 47.9. The highest BCUT2D eigenvalue weighted by atomic mass is 16.7. The second-order valence-corrected chi connectivity index (χ2v) is 36.1. The second kappa shape index (κ2) is 39.4. The van der Waals surface area contributed by atoms with E-state index in [9.17, 15) is 39.6 Å². The third kappa shape index (κ3) is 20.8. The number of esters is 2. The van der Waals surface area contributed by atoms with Crippen LogP contribution in [0.25, 0.3) is 0 Å². The number of hydrogen-bond acceptors (Lipinski definition) is 24. The number of amides is 2. The minimum absolute atomic E-state index is 0.00211. The fourth-order valence-electron chi connectivity index (χ4n) is 19.6. The van der Waals surface area contributed by atoms with Crippen molar-refractivity contribution in [2.24, 2.45) is 47.3 Å². The average molecular weight is 1640 g/mol. The molecule has 4 bridgehead atoms. The Labute approximate surface area is 691 Å². The van der Waals surface area contributed by atoms with Crippen molar-refractivity contribution in [2.75, 3.05) is 27.4 Å². The Kier molecular flexibility index (Phi) is 30.6. The largest absolute Gasteiger partial charge is 0.462 e. The first-order valence-corrected chi connectivity index (χ1v) is 43.3. The number of fused-ring (bicyclic) bond motifs is 4. The van der Waals surface area contributed by atoms with Gasteiger partial charge in [0.2, 0.25) is 11.8 Å². The Hall–Kier alpha value is -5.44. The van der Waals surface area contributed by atoms with Crippen LogP contribution in [0.5, 0.6) is 0 Å². The Morgan fingerprint density at radius 1 is 0.513 bits per heavy atom. The Bertz CT molecular complexity index is 3530. The van der Waals surface area contributed by atoms with Crippen LogP contribution in [-0.2, 0) is 95.2 Å². The molecule has 26 heteroatoms. The molecule has 652 valence electrons. The van der Waals surface area contributed by atoms with Gasteiger partial charge >= 0.3 is 11.9 Å². The summed E-state index contributed by atoms with van der Waals surface area (Å²) < 4.78 is 91.5. The van der Waals surface area contributed by atoms with Gasteiger partial charge in [-0.2, -0.15) is 0 Å². The quantitative estimate of drug-likeness (QED) is 0.0254. The maximum atomic E-state index is 14.5. The summed E-state index contributed by atoms with van der Waals surface area (Å²) in [5.74, 6) is -6.20. The van der Waals surface area contributed by atoms with Crippen molar-refractivity contribution < 1.29 is 116 Å². The van der Waals surface area contributed by atoms with Crippen LogP contribution in [-0.4, -0.2) is 217 Å². The van der Waals surface area contributed by atoms with Crippen LogP contribution >= 0.6 is 0 Å². The summed E-state index contributed by atoms with van der Waals surface area (Å²) in [6.07, 6.45) is 23.1. The number of allylic oxidation sites excluding steroid dienone is 4. The monoisotopic (exact) mass is 1640 g/mol. The molecule has 12 rings (SSSR count). The zero-order valence-electron chi connectivity index (χ0n) is 71.6. The van der Waals surface area contributed by atoms with E-state index in [2.05, 4.69) is 76.8 Å². The van der Waals surface area contributed by atoms with Crippen molar-refractivity contribution in [3.63, 3.8) is 0 Å². The van der Waals surface area contributed by atoms with Gasteiger partial charge in [-0.25, -0.2) is 11.0 Å². The van der Waals surface area contributed by atoms with Crippen LogP contribution in [0.4, 0.5) is 0 Å². The van der Waals surface area contributed by atoms with E-state index in [1.807, 2.05) is 78.0 Å². The molecule has 6 N–H and O–H groups in total. The fourth-order valence-corrected chi connectivity index (χ4v) is 19.6. The molecule has 6 fully saturated rings. The van der Waals surface area contributed by atoms with Gasteiger partial charge in [0.15, 0.2) is 24.2 Å². The predicted octanol–water partition coefficient (Wildman–Crippen LogP) is 11.5. The Balaban J connectivity index is 0.583. The highest BCUT2D eigenvalue weighted by Gasteiger charge is 2.62. The van der Waals surface area contributed by atoms with Gasteiger partial charge in [0, 0.05) is 89.3 Å². The molecule has 0 aromatic rings. The molecule has 0 aromatic carbocycles. The number of nitrogens with one attached hydrogen (secondary N) is 2. The maximum absolute atomic E-state index is 14.5. The lowest BCUT2D eigenvalue weighted by molar-refractivity contribution is -0.300. The molecule has 2 spiro atoms. The van der Waals surface area contributed by atoms with Crippen LogP contribution in [0.1, 0.15) is 206 Å². The molecule has 30 atom stereocenters. The molecule has 117 heavy (non-hydrogen) atoms. The number of ether oxygens (including phenoxy) is 14. The Morgan fingerprint density at radius 3 is 1.27 bits per heavy atom. The van der Waals surface area contributed by atoms with Crippen LogP contribution < -0.4 is 11.0 Å². The van der Waals surface area contributed by atoms with E-state index in [0.717, 1.165) is 43.3 Å². The van der Waals surface area contributed by atoms with Crippen LogP contribution in [0.2, 0.25) is 0 Å². The summed E-state index contributed by atoms with van der Waals surface area (Å²) in [7, 11) is 3.20. The number of carbonyl (C=O) groups is 4. The molecule has 12 aliphatic rings. The van der Waals surface area contributed by atoms with E-state index in [1.165, 1.54) is 0 Å². The number of hydroxylamine groups is 2. The topological polar surface area (TPSA) is 321 Å². The first-order valence-electron chi connectivity index (χ1n) is 43.3. The average Bonchev–Trinajstić information content (AvgIpc) is 1.61. The van der Waals surface area contributed by atoms with Crippen LogP contribution in [0.15, 0.2) is 119 Å². The lowest BCUT2D eigenvalue weighted by Gasteiger charge is -2.48. The molecule has 0 aromatic heterocycles. The highest BCUT2D eigenvalue weighted by Crippen LogP contribution is 2.50. The van der Waals surface area contributed by atoms with Crippen LogP contribution in [0, 0.1) is 47.3 Å². The van der Waals surface area contributed by atoms with Gasteiger partial charge in [-0.15, -0.1) is 0 Å². The highest BCUT2D eigenvalue weighted by molar-refractivity contribution is 5.80. The molecular weight excluding hydrogens is 1500 g/mol. The van der Waals surface area contributed by atoms with E-state index in [-0.39, 0.29) is 98.4 Å². The molecule has 2 amide bonds. The summed E-state index contributed by atoms with van der Waals surface area (Å²) in [6.45, 7) is 28.0. The SMILES string of the molecule is CO[C@H]1C[C@H](O[C@@H]2/C(C)=C/C[C@@H]3C[C@@H](C[C@]4(C=C[C@H](C)[C@@H](C(C)C)O4)O3)OC(=O)[C@@H]3C=C(C)[C@@H](O)[C@H]4OC/C(=C\C=C\[C@@H]2C)[C@]43O)O[C@@H](C)[C@@H]1ONC(=O)CCCCCCCCCC(=O)NO[C@H]1[C@H](C)O[C@@H](O[C@@H]2/C(C)=C/C[C@@H]3C[C@@H](C[C@]4(C=C[C@H](C)[C@@H](C(C)C)O4)O3)OC(=O)[C@@H]3C=C(C)[C@@H](O)[C@H]4OC/C(=C\C=C\[C@@H]2C)[C@]43O)C[C@@H]1OC. The third-order valence-corrected chi connectivity index (χ3v) is 26.3. The van der Waals surface area contributed by atoms with E-state index < -0.39 is 157 Å². The van der Waals surface area contributed by atoms with E-state index in [0.29, 0.717) is 73.7 Å². The van der Waals surface area contributed by atoms with Gasteiger partial charge in [-0.1, -0.05) is 160 Å². The normalized spacial score (nSPS) is 44.3. The molecular formula is C91H134N2O24. The van der Waals surface area contributed by atoms with Crippen molar-refractivity contribution >= 4 is 23.8 Å². The lowest BCUT2D eigenvalue weighted by Crippen LogP contribution is -2.58. The smallest absolute Gasteiger partial charge is 0.316 e. The van der Waals surface area contributed by atoms with Gasteiger partial charge in [0.25, 0.3) is 0 Å². The summed E-state index contributed by atoms with van der Waals surface area (Å²) in [5.41, 5.74) is 5.33. The van der Waals surface area contributed by atoms with Crippen molar-refractivity contribution in [1.82, 2.24) is 11.0 Å². The first kappa shape index (κ1) is 90.8. The molecule has 10 heterocycles. The molecule has 0 radical (unpaired) electrons. The number of unbranched alkanes of at least 4 members (excludes halogenated alkanes) is 6. The van der Waals surface area contributed by atoms with Gasteiger partial charge in [-0.05, 0) is 125 Å². The Morgan fingerprint density at radius 2 is 0.897 bits per heavy atom. The van der Waals surface area contributed by atoms with Crippen molar-refractivity contribution in [3.05, 3.63) is 119 Å². The van der Waals surface area contributed by atoms with Gasteiger partial charge in [0.1, 0.15) is 71.9 Å². The van der Waals surface area contributed by atoms with Crippen molar-refractivity contribution in [3.8, 4) is 0 Å². The predicted molar refractivity (Wildman–Crippen MR) is 432 cm³/mol. The molecule has 6 saturated heterocycles. The molecule has 2 aliphatic carbocycles. The number of methoxy groups -OCH3 is 2. The minimum Gasteiger partial charge on any atom is -0.462 e. The minimum atomic E-state index is -1.88. The van der Waals surface area contributed by atoms with Gasteiger partial charge < -0.3 is 86.7 Å². The number of hydrogen-bond donors (Lipinski definition) is 6. The standard InChI is InChI=1S/C91H134N2O24/c1-50(2)78-56(9)36-38-88(114-78)46-66-42-64(112-88)34-32-54(7)80(52(5)26-24-28-62-48-104-84-76(96)58(11)40-68(86(98)108-66)90(62,84)100)110-74-44-70(102-15)82(60(13)106-74)116-92-72(94)30-22-20-18-17-19-21-23-31-73(95)93-117-83-61(14)107-75(45-71(83)103-16)111-81-53(6)27-25-29-63-49-105-85-77(97)59(12)41-69(91(63,85)101)87(99)109-67-43-65(35-33-55(81)8)113-89(47-67)39-37-57(10)79(115-89)51(3)4/h24-29,32-33,36-41,50-53,56-57,60-61,64-71,74-85,96-97,100-101H,17-23,30-31,34-35,42-49H2,1-16H3,(H,92,94)(H,93,95)/b26-24+,27-25+,54-32+,55-33+,62-28+,63-29+/t52-,53-,56-,57-,60-,61-,64+,65+,66-,67-,68-,69-,70-,71-,74-,75-,76+,77+,78+,79+,80-,81-,82-,83-,84+,85+,88+,89+,90+,91+/m0/s1. The number of aliphatic hydroxyl groups excluding tert-OH is 2. The summed E-state index contributed by atoms with van der Waals surface area (Å²) in [4.78, 5) is 67.6. The van der Waals surface area contributed by atoms with Gasteiger partial charge in [0.05, 0.1) is 74.3 Å². The van der Waals surface area contributed by atoms with Crippen molar-refractivity contribution in [2.45, 2.75) is 351 Å². The number of carbonyl (C=O) groups excluding carboxylic acids is 4. The third-order valence-electron chi connectivity index (χ3n) is 26.3.